The Hall–Kier alpha value is -0.650. The Balaban J connectivity index is 2.23. The number of likely N-dealkylation sites (N-methyl/N-ethyl adjacent to an activating group) is 1. The quantitative estimate of drug-likeness (QED) is 0.940. The summed E-state index contributed by atoms with van der Waals surface area (Å²) in [5.41, 5.74) is 2.49. The first-order valence-electron chi connectivity index (χ1n) is 5.51. The van der Waals surface area contributed by atoms with Crippen LogP contribution in [0.25, 0.3) is 0 Å². The number of rotatable bonds is 4. The Bertz CT molecular complexity index is 504. The minimum absolute atomic E-state index is 0.318. The van der Waals surface area contributed by atoms with E-state index in [1.807, 2.05) is 25.0 Å². The number of hydrogen-bond donors (Lipinski definition) is 1. The lowest BCUT2D eigenvalue weighted by atomic mass is 10.0. The molecule has 92 valence electrons. The molecule has 0 aromatic carbocycles. The SMILES string of the molecule is CNC(Cc1sccc1Br)c1cnn(C)c1C. The third-order valence-electron chi connectivity index (χ3n) is 3.08. The Morgan fingerprint density at radius 1 is 1.59 bits per heavy atom. The van der Waals surface area contributed by atoms with Crippen molar-refractivity contribution in [3.63, 3.8) is 0 Å². The molecule has 17 heavy (non-hydrogen) atoms. The van der Waals surface area contributed by atoms with Crippen LogP contribution in [0.3, 0.4) is 0 Å². The van der Waals surface area contributed by atoms with Gasteiger partial charge < -0.3 is 5.32 Å². The van der Waals surface area contributed by atoms with Gasteiger partial charge in [-0.25, -0.2) is 0 Å². The summed E-state index contributed by atoms with van der Waals surface area (Å²) in [6, 6.07) is 2.42. The van der Waals surface area contributed by atoms with Crippen molar-refractivity contribution in [2.24, 2.45) is 7.05 Å². The second-order valence-corrected chi connectivity index (χ2v) is 5.90. The Labute approximate surface area is 114 Å². The lowest BCUT2D eigenvalue weighted by Crippen LogP contribution is -2.19. The molecule has 0 bridgehead atoms. The van der Waals surface area contributed by atoms with Crippen LogP contribution < -0.4 is 5.32 Å². The minimum Gasteiger partial charge on any atom is -0.313 e. The minimum atomic E-state index is 0.318. The van der Waals surface area contributed by atoms with Crippen molar-refractivity contribution in [3.05, 3.63) is 38.3 Å². The van der Waals surface area contributed by atoms with Crippen molar-refractivity contribution in [1.82, 2.24) is 15.1 Å². The van der Waals surface area contributed by atoms with Crippen molar-refractivity contribution in [2.45, 2.75) is 19.4 Å². The molecule has 5 heteroatoms. The van der Waals surface area contributed by atoms with E-state index < -0.39 is 0 Å². The van der Waals surface area contributed by atoms with Gasteiger partial charge in [0.05, 0.1) is 6.20 Å². The van der Waals surface area contributed by atoms with E-state index in [-0.39, 0.29) is 0 Å². The first-order chi connectivity index (χ1) is 8.13. The number of nitrogens with one attached hydrogen (secondary N) is 1. The first-order valence-corrected chi connectivity index (χ1v) is 7.18. The predicted molar refractivity (Wildman–Crippen MR) is 75.5 cm³/mol. The van der Waals surface area contributed by atoms with Crippen LogP contribution in [-0.2, 0) is 13.5 Å². The maximum Gasteiger partial charge on any atom is 0.0540 e. The standard InChI is InChI=1S/C12H16BrN3S/c1-8-9(7-15-16(8)3)11(14-2)6-12-10(13)4-5-17-12/h4-5,7,11,14H,6H2,1-3H3. The van der Waals surface area contributed by atoms with Crippen molar-refractivity contribution < 1.29 is 0 Å². The fraction of sp³-hybridized carbons (Fsp3) is 0.417. The van der Waals surface area contributed by atoms with Crippen LogP contribution in [-0.4, -0.2) is 16.8 Å². The van der Waals surface area contributed by atoms with Gasteiger partial charge >= 0.3 is 0 Å². The Morgan fingerprint density at radius 3 is 2.82 bits per heavy atom. The number of aryl methyl sites for hydroxylation is 1. The van der Waals surface area contributed by atoms with E-state index in [2.05, 4.69) is 44.7 Å². The molecule has 0 spiro atoms. The molecular formula is C12H16BrN3S. The van der Waals surface area contributed by atoms with Gasteiger partial charge in [0.1, 0.15) is 0 Å². The Kier molecular flexibility index (Phi) is 4.01. The molecule has 0 fully saturated rings. The number of aromatic nitrogens is 2. The molecule has 1 unspecified atom stereocenters. The summed E-state index contributed by atoms with van der Waals surface area (Å²) in [6.45, 7) is 2.11. The molecule has 0 aliphatic rings. The van der Waals surface area contributed by atoms with Gasteiger partial charge in [-0.2, -0.15) is 5.10 Å². The maximum atomic E-state index is 4.31. The zero-order valence-electron chi connectivity index (χ0n) is 10.2. The summed E-state index contributed by atoms with van der Waals surface area (Å²) in [4.78, 5) is 1.37. The molecule has 0 aliphatic heterocycles. The molecule has 2 aromatic rings. The van der Waals surface area contributed by atoms with E-state index in [4.69, 9.17) is 0 Å². The molecule has 0 radical (unpaired) electrons. The van der Waals surface area contributed by atoms with Crippen molar-refractivity contribution in [2.75, 3.05) is 7.05 Å². The number of nitrogens with zero attached hydrogens (tertiary/aromatic N) is 2. The maximum absolute atomic E-state index is 4.31. The van der Waals surface area contributed by atoms with Crippen LogP contribution in [0.15, 0.2) is 22.1 Å². The molecule has 1 atom stereocenters. The summed E-state index contributed by atoms with van der Waals surface area (Å²) in [7, 11) is 3.98. The number of thiophene rings is 1. The van der Waals surface area contributed by atoms with Crippen molar-refractivity contribution >= 4 is 27.3 Å². The molecule has 3 nitrogen and oxygen atoms in total. The third kappa shape index (κ3) is 2.61. The largest absolute Gasteiger partial charge is 0.313 e. The zero-order chi connectivity index (χ0) is 12.4. The Morgan fingerprint density at radius 2 is 2.35 bits per heavy atom. The van der Waals surface area contributed by atoms with Crippen molar-refractivity contribution in [3.8, 4) is 0 Å². The van der Waals surface area contributed by atoms with E-state index in [1.54, 1.807) is 11.3 Å². The third-order valence-corrected chi connectivity index (χ3v) is 5.03. The molecule has 2 aromatic heterocycles. The van der Waals surface area contributed by atoms with Gasteiger partial charge in [-0.15, -0.1) is 11.3 Å². The van der Waals surface area contributed by atoms with E-state index in [0.717, 1.165) is 6.42 Å². The highest BCUT2D eigenvalue weighted by atomic mass is 79.9. The monoisotopic (exact) mass is 313 g/mol. The smallest absolute Gasteiger partial charge is 0.0540 e. The second-order valence-electron chi connectivity index (χ2n) is 4.05. The van der Waals surface area contributed by atoms with E-state index in [1.165, 1.54) is 20.6 Å². The highest BCUT2D eigenvalue weighted by Gasteiger charge is 2.17. The summed E-state index contributed by atoms with van der Waals surface area (Å²) >= 11 is 5.37. The van der Waals surface area contributed by atoms with Crippen LogP contribution in [0.5, 0.6) is 0 Å². The molecule has 2 rings (SSSR count). The van der Waals surface area contributed by atoms with Crippen LogP contribution in [0, 0.1) is 6.92 Å². The number of halogens is 1. The highest BCUT2D eigenvalue weighted by molar-refractivity contribution is 9.10. The molecule has 0 saturated heterocycles. The van der Waals surface area contributed by atoms with Gasteiger partial charge in [0.15, 0.2) is 0 Å². The van der Waals surface area contributed by atoms with Crippen LogP contribution in [0.4, 0.5) is 0 Å². The number of hydrogen-bond acceptors (Lipinski definition) is 3. The topological polar surface area (TPSA) is 29.9 Å². The molecule has 0 amide bonds. The summed E-state index contributed by atoms with van der Waals surface area (Å²) in [5, 5.41) is 9.79. The highest BCUT2D eigenvalue weighted by Crippen LogP contribution is 2.29. The average Bonchev–Trinajstić information content (AvgIpc) is 2.85. The van der Waals surface area contributed by atoms with Crippen molar-refractivity contribution in [1.29, 1.82) is 0 Å². The predicted octanol–water partition coefficient (Wildman–Crippen LogP) is 3.06. The molecule has 0 saturated carbocycles. The van der Waals surface area contributed by atoms with Gasteiger partial charge in [0.25, 0.3) is 0 Å². The van der Waals surface area contributed by atoms with Crippen LogP contribution in [0.2, 0.25) is 0 Å². The molecule has 0 aliphatic carbocycles. The van der Waals surface area contributed by atoms with E-state index in [9.17, 15) is 0 Å². The molecular weight excluding hydrogens is 298 g/mol. The summed E-state index contributed by atoms with van der Waals surface area (Å²) in [6.07, 6.45) is 2.94. The summed E-state index contributed by atoms with van der Waals surface area (Å²) < 4.78 is 3.12. The first kappa shape index (κ1) is 12.8. The van der Waals surface area contributed by atoms with E-state index in [0.29, 0.717) is 6.04 Å². The van der Waals surface area contributed by atoms with Gasteiger partial charge in [0.2, 0.25) is 0 Å². The van der Waals surface area contributed by atoms with Gasteiger partial charge in [-0.1, -0.05) is 0 Å². The fourth-order valence-corrected chi connectivity index (χ4v) is 3.44. The van der Waals surface area contributed by atoms with Crippen LogP contribution in [0.1, 0.15) is 22.2 Å². The second kappa shape index (κ2) is 5.33. The van der Waals surface area contributed by atoms with Gasteiger partial charge in [0, 0.05) is 40.1 Å². The molecule has 2 heterocycles. The normalized spacial score (nSPS) is 12.9. The molecule has 1 N–H and O–H groups in total. The summed E-state index contributed by atoms with van der Waals surface area (Å²) in [5.74, 6) is 0. The zero-order valence-corrected chi connectivity index (χ0v) is 12.6. The fourth-order valence-electron chi connectivity index (χ4n) is 1.88. The lowest BCUT2D eigenvalue weighted by Gasteiger charge is -2.15. The average molecular weight is 314 g/mol. The van der Waals surface area contributed by atoms with Gasteiger partial charge in [-0.3, -0.25) is 4.68 Å². The van der Waals surface area contributed by atoms with E-state index >= 15 is 0 Å². The van der Waals surface area contributed by atoms with Gasteiger partial charge in [-0.05, 0) is 41.3 Å². The van der Waals surface area contributed by atoms with Crippen LogP contribution >= 0.6 is 27.3 Å². The lowest BCUT2D eigenvalue weighted by molar-refractivity contribution is 0.590.